The second-order valence-corrected chi connectivity index (χ2v) is 4.52. The van der Waals surface area contributed by atoms with E-state index in [2.05, 4.69) is 10.3 Å². The van der Waals surface area contributed by atoms with Gasteiger partial charge in [0.1, 0.15) is 17.6 Å². The molecule has 0 fully saturated rings. The highest BCUT2D eigenvalue weighted by molar-refractivity contribution is 5.61. The van der Waals surface area contributed by atoms with Crippen molar-refractivity contribution < 1.29 is 18.1 Å². The first kappa shape index (κ1) is 15.2. The van der Waals surface area contributed by atoms with E-state index in [0.29, 0.717) is 12.3 Å². The monoisotopic (exact) mass is 277 g/mol. The number of anilines is 1. The van der Waals surface area contributed by atoms with Gasteiger partial charge in [-0.15, -0.1) is 0 Å². The van der Waals surface area contributed by atoms with Crippen molar-refractivity contribution in [3.63, 3.8) is 0 Å². The van der Waals surface area contributed by atoms with Gasteiger partial charge in [0, 0.05) is 6.04 Å². The van der Waals surface area contributed by atoms with Gasteiger partial charge in [0.05, 0.1) is 4.92 Å². The summed E-state index contributed by atoms with van der Waals surface area (Å²) in [6.07, 6.45) is -4.01. The maximum absolute atomic E-state index is 12.5. The maximum atomic E-state index is 12.5. The first-order valence-electron chi connectivity index (χ1n) is 5.61. The summed E-state index contributed by atoms with van der Waals surface area (Å²) in [4.78, 5) is 13.1. The number of halogens is 3. The molecule has 5 nitrogen and oxygen atoms in total. The predicted molar refractivity (Wildman–Crippen MR) is 63.8 cm³/mol. The molecule has 0 aliphatic carbocycles. The van der Waals surface area contributed by atoms with Crippen molar-refractivity contribution in [2.75, 3.05) is 5.32 Å². The van der Waals surface area contributed by atoms with Crippen LogP contribution in [-0.2, 0) is 6.18 Å². The fourth-order valence-electron chi connectivity index (χ4n) is 1.28. The van der Waals surface area contributed by atoms with E-state index in [9.17, 15) is 23.3 Å². The molecule has 0 aliphatic rings. The number of hydrogen-bond acceptors (Lipinski definition) is 4. The lowest BCUT2D eigenvalue weighted by Crippen LogP contribution is -2.22. The van der Waals surface area contributed by atoms with E-state index < -0.39 is 22.5 Å². The largest absolute Gasteiger partial charge is 0.433 e. The van der Waals surface area contributed by atoms with Crippen LogP contribution >= 0.6 is 0 Å². The van der Waals surface area contributed by atoms with Crippen molar-refractivity contribution in [1.29, 1.82) is 0 Å². The third kappa shape index (κ3) is 3.80. The smallest absolute Gasteiger partial charge is 0.377 e. The van der Waals surface area contributed by atoms with Crippen LogP contribution in [0, 0.1) is 16.0 Å². The van der Waals surface area contributed by atoms with Gasteiger partial charge in [-0.25, -0.2) is 4.98 Å². The molecular formula is C11H14F3N3O2. The molecule has 0 aliphatic heterocycles. The minimum atomic E-state index is -4.63. The summed E-state index contributed by atoms with van der Waals surface area (Å²) in [5, 5.41) is 13.5. The summed E-state index contributed by atoms with van der Waals surface area (Å²) < 4.78 is 37.6. The molecule has 8 heteroatoms. The van der Waals surface area contributed by atoms with Crippen LogP contribution in [0.3, 0.4) is 0 Å². The van der Waals surface area contributed by atoms with Crippen LogP contribution < -0.4 is 5.32 Å². The Morgan fingerprint density at radius 2 is 1.95 bits per heavy atom. The van der Waals surface area contributed by atoms with Crippen molar-refractivity contribution in [2.24, 2.45) is 5.92 Å². The van der Waals surface area contributed by atoms with Gasteiger partial charge in [-0.3, -0.25) is 10.1 Å². The predicted octanol–water partition coefficient (Wildman–Crippen LogP) is 3.47. The van der Waals surface area contributed by atoms with E-state index in [4.69, 9.17) is 0 Å². The van der Waals surface area contributed by atoms with Crippen molar-refractivity contribution >= 4 is 11.4 Å². The Labute approximate surface area is 108 Å². The molecule has 106 valence electrons. The lowest BCUT2D eigenvalue weighted by molar-refractivity contribution is -0.384. The van der Waals surface area contributed by atoms with Gasteiger partial charge in [-0.05, 0) is 18.9 Å². The second kappa shape index (κ2) is 5.41. The molecule has 19 heavy (non-hydrogen) atoms. The van der Waals surface area contributed by atoms with Crippen LogP contribution in [0.4, 0.5) is 24.5 Å². The van der Waals surface area contributed by atoms with Gasteiger partial charge in [-0.1, -0.05) is 13.8 Å². The van der Waals surface area contributed by atoms with E-state index in [1.807, 2.05) is 13.8 Å². The molecule has 1 aromatic rings. The number of nitrogens with one attached hydrogen (secondary N) is 1. The summed E-state index contributed by atoms with van der Waals surface area (Å²) in [5.74, 6) is 0.113. The molecule has 0 aromatic carbocycles. The average molecular weight is 277 g/mol. The minimum Gasteiger partial charge on any atom is -0.377 e. The molecule has 0 bridgehead atoms. The minimum absolute atomic E-state index is 0.113. The summed E-state index contributed by atoms with van der Waals surface area (Å²) >= 11 is 0. The lowest BCUT2D eigenvalue weighted by Gasteiger charge is -2.19. The van der Waals surface area contributed by atoms with E-state index in [0.717, 1.165) is 0 Å². The standard InChI is InChI=1S/C11H14F3N3O2/c1-6(2)7(3)16-8-4-10(11(12,13)14)15-5-9(8)17(18)19/h4-7H,1-3H3,(H,15,16). The molecule has 1 aromatic heterocycles. The Hall–Kier alpha value is -1.86. The number of aromatic nitrogens is 1. The summed E-state index contributed by atoms with van der Waals surface area (Å²) in [6, 6.07) is 0.457. The lowest BCUT2D eigenvalue weighted by atomic mass is 10.1. The molecule has 0 saturated heterocycles. The zero-order chi connectivity index (χ0) is 14.8. The fraction of sp³-hybridized carbons (Fsp3) is 0.545. The SMILES string of the molecule is CC(C)C(C)Nc1cc(C(F)(F)F)ncc1[N+](=O)[O-]. The van der Waals surface area contributed by atoms with Gasteiger partial charge in [0.25, 0.3) is 0 Å². The van der Waals surface area contributed by atoms with Gasteiger partial charge in [0.2, 0.25) is 0 Å². The van der Waals surface area contributed by atoms with E-state index in [1.165, 1.54) is 0 Å². The Morgan fingerprint density at radius 1 is 1.37 bits per heavy atom. The van der Waals surface area contributed by atoms with Crippen LogP contribution in [0.15, 0.2) is 12.3 Å². The number of rotatable bonds is 4. The Balaban J connectivity index is 3.20. The Morgan fingerprint density at radius 3 is 2.37 bits per heavy atom. The third-order valence-corrected chi connectivity index (χ3v) is 2.75. The van der Waals surface area contributed by atoms with Crippen LogP contribution in [0.25, 0.3) is 0 Å². The highest BCUT2D eigenvalue weighted by Crippen LogP contribution is 2.33. The van der Waals surface area contributed by atoms with Crippen LogP contribution in [-0.4, -0.2) is 15.9 Å². The first-order valence-corrected chi connectivity index (χ1v) is 5.61. The Bertz CT molecular complexity index is 475. The molecule has 1 rings (SSSR count). The van der Waals surface area contributed by atoms with Crippen LogP contribution in [0.1, 0.15) is 26.5 Å². The fourth-order valence-corrected chi connectivity index (χ4v) is 1.28. The van der Waals surface area contributed by atoms with Crippen molar-refractivity contribution in [3.8, 4) is 0 Å². The van der Waals surface area contributed by atoms with Gasteiger partial charge < -0.3 is 5.32 Å². The number of pyridine rings is 1. The van der Waals surface area contributed by atoms with Crippen molar-refractivity contribution in [3.05, 3.63) is 28.1 Å². The molecular weight excluding hydrogens is 263 g/mol. The van der Waals surface area contributed by atoms with Crippen molar-refractivity contribution in [2.45, 2.75) is 33.0 Å². The van der Waals surface area contributed by atoms with E-state index >= 15 is 0 Å². The molecule has 0 amide bonds. The van der Waals surface area contributed by atoms with Crippen molar-refractivity contribution in [1.82, 2.24) is 4.98 Å². The average Bonchev–Trinajstić information content (AvgIpc) is 2.27. The van der Waals surface area contributed by atoms with Gasteiger partial charge in [0.15, 0.2) is 0 Å². The molecule has 1 N–H and O–H groups in total. The van der Waals surface area contributed by atoms with Crippen LogP contribution in [0.5, 0.6) is 0 Å². The molecule has 0 spiro atoms. The molecule has 1 atom stereocenters. The Kier molecular flexibility index (Phi) is 4.33. The zero-order valence-corrected chi connectivity index (χ0v) is 10.7. The molecule has 1 heterocycles. The number of nitro groups is 1. The summed E-state index contributed by atoms with van der Waals surface area (Å²) in [5.41, 5.74) is -1.80. The zero-order valence-electron chi connectivity index (χ0n) is 10.7. The maximum Gasteiger partial charge on any atom is 0.433 e. The van der Waals surface area contributed by atoms with E-state index in [-0.39, 0.29) is 17.6 Å². The highest BCUT2D eigenvalue weighted by Gasteiger charge is 2.34. The molecule has 0 radical (unpaired) electrons. The first-order chi connectivity index (χ1) is 8.62. The summed E-state index contributed by atoms with van der Waals surface area (Å²) in [7, 11) is 0. The van der Waals surface area contributed by atoms with Gasteiger partial charge in [-0.2, -0.15) is 13.2 Å². The number of nitrogens with zero attached hydrogens (tertiary/aromatic N) is 2. The highest BCUT2D eigenvalue weighted by atomic mass is 19.4. The van der Waals surface area contributed by atoms with E-state index in [1.54, 1.807) is 6.92 Å². The number of hydrogen-bond donors (Lipinski definition) is 1. The van der Waals surface area contributed by atoms with Crippen LogP contribution in [0.2, 0.25) is 0 Å². The topological polar surface area (TPSA) is 68.1 Å². The summed E-state index contributed by atoms with van der Waals surface area (Å²) in [6.45, 7) is 5.45. The van der Waals surface area contributed by atoms with Gasteiger partial charge >= 0.3 is 11.9 Å². The normalized spacial score (nSPS) is 13.4. The number of alkyl halides is 3. The third-order valence-electron chi connectivity index (χ3n) is 2.75. The quantitative estimate of drug-likeness (QED) is 0.676. The second-order valence-electron chi connectivity index (χ2n) is 4.52. The molecule has 0 saturated carbocycles. The molecule has 1 unspecified atom stereocenters.